The molecular formula is C14H15NO2. The van der Waals surface area contributed by atoms with Crippen LogP contribution < -0.4 is 4.74 Å². The van der Waals surface area contributed by atoms with Crippen LogP contribution in [0.25, 0.3) is 6.08 Å². The zero-order chi connectivity index (χ0) is 12.3. The summed E-state index contributed by atoms with van der Waals surface area (Å²) in [6.07, 6.45) is 3.39. The molecule has 0 bridgehead atoms. The molecule has 3 heteroatoms. The molecule has 17 heavy (non-hydrogen) atoms. The molecule has 1 atom stereocenters. The molecule has 0 fully saturated rings. The largest absolute Gasteiger partial charge is 0.496 e. The molecule has 0 amide bonds. The average Bonchev–Trinajstić information content (AvgIpc) is 2.37. The fraction of sp³-hybridized carbons (Fsp3) is 0.357. The fourth-order valence-electron chi connectivity index (χ4n) is 2.21. The maximum absolute atomic E-state index is 9.33. The summed E-state index contributed by atoms with van der Waals surface area (Å²) in [5.74, 6) is 0.915. The third kappa shape index (κ3) is 2.48. The van der Waals surface area contributed by atoms with Gasteiger partial charge in [0.2, 0.25) is 0 Å². The first kappa shape index (κ1) is 11.7. The van der Waals surface area contributed by atoms with Crippen LogP contribution >= 0.6 is 0 Å². The molecule has 0 saturated heterocycles. The van der Waals surface area contributed by atoms with Crippen molar-refractivity contribution in [2.24, 2.45) is 0 Å². The van der Waals surface area contributed by atoms with Crippen LogP contribution in [0, 0.1) is 11.3 Å². The molecule has 0 aromatic heterocycles. The smallest absolute Gasteiger partial charge is 0.144 e. The molecule has 1 aliphatic rings. The van der Waals surface area contributed by atoms with Crippen molar-refractivity contribution in [3.8, 4) is 11.8 Å². The average molecular weight is 229 g/mol. The standard InChI is InChI=1S/C14H15NO2/c1-17-14-4-2-3-11-7-10(5-6-13(11)14)8-12(16)9-15/h2-4,7,12,16H,5-6,8H2,1H3. The van der Waals surface area contributed by atoms with E-state index in [2.05, 4.69) is 6.08 Å². The normalized spacial score (nSPS) is 15.5. The van der Waals surface area contributed by atoms with Crippen LogP contribution in [-0.4, -0.2) is 18.3 Å². The number of methoxy groups -OCH3 is 1. The van der Waals surface area contributed by atoms with Gasteiger partial charge in [-0.15, -0.1) is 0 Å². The molecule has 0 spiro atoms. The fourth-order valence-corrected chi connectivity index (χ4v) is 2.21. The molecular weight excluding hydrogens is 214 g/mol. The minimum atomic E-state index is -0.895. The SMILES string of the molecule is COc1cccc2c1CCC(CC(O)C#N)=C2. The number of hydrogen-bond donors (Lipinski definition) is 1. The maximum atomic E-state index is 9.33. The van der Waals surface area contributed by atoms with Gasteiger partial charge in [0, 0.05) is 12.0 Å². The highest BCUT2D eigenvalue weighted by atomic mass is 16.5. The van der Waals surface area contributed by atoms with Gasteiger partial charge in [-0.25, -0.2) is 0 Å². The lowest BCUT2D eigenvalue weighted by Gasteiger charge is -2.19. The molecule has 88 valence electrons. The van der Waals surface area contributed by atoms with Gasteiger partial charge in [-0.3, -0.25) is 0 Å². The molecule has 1 aliphatic carbocycles. The van der Waals surface area contributed by atoms with E-state index < -0.39 is 6.10 Å². The number of ether oxygens (including phenoxy) is 1. The van der Waals surface area contributed by atoms with E-state index >= 15 is 0 Å². The molecule has 0 heterocycles. The zero-order valence-corrected chi connectivity index (χ0v) is 9.81. The van der Waals surface area contributed by atoms with Gasteiger partial charge in [0.15, 0.2) is 0 Å². The van der Waals surface area contributed by atoms with Gasteiger partial charge in [-0.2, -0.15) is 5.26 Å². The number of nitriles is 1. The Hall–Kier alpha value is -1.79. The predicted molar refractivity (Wildman–Crippen MR) is 65.5 cm³/mol. The zero-order valence-electron chi connectivity index (χ0n) is 9.81. The second kappa shape index (κ2) is 5.03. The molecule has 1 aromatic carbocycles. The number of rotatable bonds is 3. The van der Waals surface area contributed by atoms with E-state index in [-0.39, 0.29) is 0 Å². The number of aliphatic hydroxyl groups excluding tert-OH is 1. The van der Waals surface area contributed by atoms with Crippen molar-refractivity contribution in [2.45, 2.75) is 25.4 Å². The molecule has 3 nitrogen and oxygen atoms in total. The third-order valence-electron chi connectivity index (χ3n) is 3.05. The highest BCUT2D eigenvalue weighted by molar-refractivity contribution is 5.63. The minimum Gasteiger partial charge on any atom is -0.496 e. The molecule has 0 radical (unpaired) electrons. The molecule has 1 N–H and O–H groups in total. The molecule has 1 unspecified atom stereocenters. The van der Waals surface area contributed by atoms with E-state index in [0.29, 0.717) is 6.42 Å². The summed E-state index contributed by atoms with van der Waals surface area (Å²) in [5.41, 5.74) is 3.47. The Morgan fingerprint density at radius 3 is 3.00 bits per heavy atom. The van der Waals surface area contributed by atoms with Crippen molar-refractivity contribution >= 4 is 6.08 Å². The van der Waals surface area contributed by atoms with Gasteiger partial charge in [0.25, 0.3) is 0 Å². The monoisotopic (exact) mass is 229 g/mol. The van der Waals surface area contributed by atoms with Gasteiger partial charge in [0.05, 0.1) is 13.2 Å². The van der Waals surface area contributed by atoms with Gasteiger partial charge in [-0.05, 0) is 24.5 Å². The van der Waals surface area contributed by atoms with E-state index in [1.165, 1.54) is 5.56 Å². The van der Waals surface area contributed by atoms with Gasteiger partial charge in [-0.1, -0.05) is 23.8 Å². The summed E-state index contributed by atoms with van der Waals surface area (Å²) in [6.45, 7) is 0. The number of nitrogens with zero attached hydrogens (tertiary/aromatic N) is 1. The second-order valence-corrected chi connectivity index (χ2v) is 4.18. The highest BCUT2D eigenvalue weighted by Gasteiger charge is 2.16. The first-order chi connectivity index (χ1) is 8.24. The Labute approximate surface area is 101 Å². The lowest BCUT2D eigenvalue weighted by Crippen LogP contribution is -2.08. The van der Waals surface area contributed by atoms with Crippen LogP contribution in [0.1, 0.15) is 24.0 Å². The van der Waals surface area contributed by atoms with Crippen LogP contribution in [0.5, 0.6) is 5.75 Å². The summed E-state index contributed by atoms with van der Waals surface area (Å²) in [5, 5.41) is 17.9. The van der Waals surface area contributed by atoms with Gasteiger partial charge >= 0.3 is 0 Å². The first-order valence-electron chi connectivity index (χ1n) is 5.67. The third-order valence-corrected chi connectivity index (χ3v) is 3.05. The number of benzene rings is 1. The predicted octanol–water partition coefficient (Wildman–Crippen LogP) is 2.30. The second-order valence-electron chi connectivity index (χ2n) is 4.18. The van der Waals surface area contributed by atoms with E-state index in [1.807, 2.05) is 24.3 Å². The molecule has 1 aromatic rings. The minimum absolute atomic E-state index is 0.438. The molecule has 0 aliphatic heterocycles. The number of aliphatic hydroxyl groups is 1. The summed E-state index contributed by atoms with van der Waals surface area (Å²) in [6, 6.07) is 7.80. The Morgan fingerprint density at radius 2 is 2.29 bits per heavy atom. The number of fused-ring (bicyclic) bond motifs is 1. The van der Waals surface area contributed by atoms with Crippen LogP contribution in [0.3, 0.4) is 0 Å². The van der Waals surface area contributed by atoms with Crippen molar-refractivity contribution in [1.82, 2.24) is 0 Å². The summed E-state index contributed by atoms with van der Waals surface area (Å²) in [7, 11) is 1.67. The van der Waals surface area contributed by atoms with E-state index in [1.54, 1.807) is 7.11 Å². The Kier molecular flexibility index (Phi) is 3.46. The van der Waals surface area contributed by atoms with Crippen molar-refractivity contribution in [3.63, 3.8) is 0 Å². The number of hydrogen-bond acceptors (Lipinski definition) is 3. The topological polar surface area (TPSA) is 53.2 Å². The van der Waals surface area contributed by atoms with Crippen molar-refractivity contribution in [1.29, 1.82) is 5.26 Å². The van der Waals surface area contributed by atoms with Crippen molar-refractivity contribution < 1.29 is 9.84 Å². The molecule has 0 saturated carbocycles. The Morgan fingerprint density at radius 1 is 1.47 bits per heavy atom. The van der Waals surface area contributed by atoms with Gasteiger partial charge in [0.1, 0.15) is 11.9 Å². The van der Waals surface area contributed by atoms with E-state index in [9.17, 15) is 5.11 Å². The van der Waals surface area contributed by atoms with E-state index in [4.69, 9.17) is 10.00 Å². The van der Waals surface area contributed by atoms with Crippen LogP contribution in [-0.2, 0) is 6.42 Å². The van der Waals surface area contributed by atoms with Crippen LogP contribution in [0.15, 0.2) is 23.8 Å². The molecule has 2 rings (SSSR count). The maximum Gasteiger partial charge on any atom is 0.144 e. The Balaban J connectivity index is 2.27. The summed E-state index contributed by atoms with van der Waals surface area (Å²) in [4.78, 5) is 0. The quantitative estimate of drug-likeness (QED) is 0.809. The first-order valence-corrected chi connectivity index (χ1v) is 5.67. The Bertz CT molecular complexity index is 485. The van der Waals surface area contributed by atoms with Crippen LogP contribution in [0.4, 0.5) is 0 Å². The lowest BCUT2D eigenvalue weighted by atomic mass is 9.89. The lowest BCUT2D eigenvalue weighted by molar-refractivity contribution is 0.229. The summed E-state index contributed by atoms with van der Waals surface area (Å²) < 4.78 is 5.32. The van der Waals surface area contributed by atoms with Gasteiger partial charge < -0.3 is 9.84 Å². The van der Waals surface area contributed by atoms with E-state index in [0.717, 1.165) is 29.7 Å². The van der Waals surface area contributed by atoms with Crippen LogP contribution in [0.2, 0.25) is 0 Å². The highest BCUT2D eigenvalue weighted by Crippen LogP contribution is 2.32. The van der Waals surface area contributed by atoms with Crippen molar-refractivity contribution in [2.75, 3.05) is 7.11 Å². The summed E-state index contributed by atoms with van der Waals surface area (Å²) >= 11 is 0. The van der Waals surface area contributed by atoms with Crippen molar-refractivity contribution in [3.05, 3.63) is 34.9 Å².